The Morgan fingerprint density at radius 2 is 1.67 bits per heavy atom. The van der Waals surface area contributed by atoms with Crippen molar-refractivity contribution in [2.45, 2.75) is 20.0 Å². The van der Waals surface area contributed by atoms with Crippen LogP contribution in [0.2, 0.25) is 0 Å². The largest absolute Gasteiger partial charge is 0.504 e. The molecule has 1 aliphatic heterocycles. The van der Waals surface area contributed by atoms with Crippen molar-refractivity contribution in [1.29, 1.82) is 0 Å². The Bertz CT molecular complexity index is 1470. The molecule has 7 heteroatoms. The molecule has 3 heterocycles. The number of imidazole rings is 1. The molecule has 0 bridgehead atoms. The molecule has 3 aromatic carbocycles. The number of hydrogen-bond acceptors (Lipinski definition) is 4. The fourth-order valence-corrected chi connectivity index (χ4v) is 4.61. The van der Waals surface area contributed by atoms with Crippen LogP contribution in [0.4, 0.5) is 4.39 Å². The lowest BCUT2D eigenvalue weighted by molar-refractivity contribution is 0.478. The lowest BCUT2D eigenvalue weighted by Crippen LogP contribution is -1.99. The molecule has 0 fully saturated rings. The summed E-state index contributed by atoms with van der Waals surface area (Å²) in [4.78, 5) is 8.05. The number of aromatic amines is 1. The van der Waals surface area contributed by atoms with Crippen LogP contribution in [0.1, 0.15) is 16.7 Å². The highest BCUT2D eigenvalue weighted by Gasteiger charge is 2.22. The molecule has 0 radical (unpaired) electrons. The second-order valence-corrected chi connectivity index (χ2v) is 8.59. The first-order valence-electron chi connectivity index (χ1n) is 10.8. The highest BCUT2D eigenvalue weighted by atomic mass is 19.1. The SMILES string of the molecule is Cc1cc(F)cc(-c2ccc(-c3nn(C)c(-c4nc5cc6c(cc5[nH]4)CNC6)c3O)cc2)c1. The van der Waals surface area contributed by atoms with Crippen LogP contribution in [0, 0.1) is 12.7 Å². The molecule has 6 nitrogen and oxygen atoms in total. The van der Waals surface area contributed by atoms with Crippen molar-refractivity contribution < 1.29 is 9.50 Å². The zero-order valence-corrected chi connectivity index (χ0v) is 18.3. The van der Waals surface area contributed by atoms with Gasteiger partial charge in [0.05, 0.1) is 11.0 Å². The Hall–Kier alpha value is -3.97. The molecule has 164 valence electrons. The van der Waals surface area contributed by atoms with Gasteiger partial charge >= 0.3 is 0 Å². The minimum absolute atomic E-state index is 0.0695. The molecule has 33 heavy (non-hydrogen) atoms. The van der Waals surface area contributed by atoms with Crippen molar-refractivity contribution in [2.24, 2.45) is 7.05 Å². The minimum Gasteiger partial charge on any atom is -0.504 e. The van der Waals surface area contributed by atoms with Crippen molar-refractivity contribution in [1.82, 2.24) is 25.1 Å². The van der Waals surface area contributed by atoms with Crippen LogP contribution in [0.15, 0.2) is 54.6 Å². The minimum atomic E-state index is -0.256. The average Bonchev–Trinajstić information content (AvgIpc) is 3.47. The predicted molar refractivity (Wildman–Crippen MR) is 126 cm³/mol. The van der Waals surface area contributed by atoms with Gasteiger partial charge in [0, 0.05) is 25.7 Å². The van der Waals surface area contributed by atoms with Crippen molar-refractivity contribution in [3.8, 4) is 39.7 Å². The van der Waals surface area contributed by atoms with Crippen molar-refractivity contribution >= 4 is 11.0 Å². The van der Waals surface area contributed by atoms with Gasteiger partial charge in [-0.05, 0) is 59.0 Å². The first-order valence-corrected chi connectivity index (χ1v) is 10.8. The maximum atomic E-state index is 13.8. The summed E-state index contributed by atoms with van der Waals surface area (Å²) in [6.45, 7) is 3.57. The number of halogens is 1. The molecule has 0 aliphatic carbocycles. The monoisotopic (exact) mass is 439 g/mol. The summed E-state index contributed by atoms with van der Waals surface area (Å²) in [6, 6.07) is 16.8. The standard InChI is InChI=1S/C26H22FN5O/c1-14-7-17(9-20(27)8-14)15-3-5-16(6-4-15)23-25(33)24(32(2)31-23)26-29-21-10-18-12-28-13-19(18)11-22(21)30-26/h3-11,28,33H,12-13H2,1-2H3,(H,29,30). The maximum absolute atomic E-state index is 13.8. The van der Waals surface area contributed by atoms with E-state index >= 15 is 0 Å². The number of hydrogen-bond donors (Lipinski definition) is 3. The Morgan fingerprint density at radius 1 is 0.939 bits per heavy atom. The molecule has 0 saturated heterocycles. The number of nitrogens with one attached hydrogen (secondary N) is 2. The number of aromatic nitrogens is 4. The summed E-state index contributed by atoms with van der Waals surface area (Å²) in [5.74, 6) is 0.390. The number of nitrogens with zero attached hydrogens (tertiary/aromatic N) is 3. The second kappa shape index (κ2) is 7.28. The molecule has 0 spiro atoms. The number of rotatable bonds is 3. The highest BCUT2D eigenvalue weighted by molar-refractivity contribution is 5.84. The second-order valence-electron chi connectivity index (χ2n) is 8.59. The molecular weight excluding hydrogens is 417 g/mol. The summed E-state index contributed by atoms with van der Waals surface area (Å²) in [5, 5.41) is 19.0. The number of aryl methyl sites for hydroxylation is 2. The summed E-state index contributed by atoms with van der Waals surface area (Å²) >= 11 is 0. The van der Waals surface area contributed by atoms with Gasteiger partial charge in [0.2, 0.25) is 0 Å². The van der Waals surface area contributed by atoms with E-state index in [0.29, 0.717) is 17.2 Å². The summed E-state index contributed by atoms with van der Waals surface area (Å²) < 4.78 is 15.4. The smallest absolute Gasteiger partial charge is 0.173 e. The quantitative estimate of drug-likeness (QED) is 0.367. The van der Waals surface area contributed by atoms with Crippen LogP contribution in [0.25, 0.3) is 44.9 Å². The lowest BCUT2D eigenvalue weighted by Gasteiger charge is -2.05. The van der Waals surface area contributed by atoms with E-state index in [2.05, 4.69) is 27.5 Å². The Balaban J connectivity index is 1.38. The van der Waals surface area contributed by atoms with Gasteiger partial charge in [-0.3, -0.25) is 4.68 Å². The third kappa shape index (κ3) is 3.29. The van der Waals surface area contributed by atoms with Crippen LogP contribution in [-0.2, 0) is 20.1 Å². The highest BCUT2D eigenvalue weighted by Crippen LogP contribution is 2.38. The molecular formula is C26H22FN5O. The molecule has 2 aromatic heterocycles. The first-order chi connectivity index (χ1) is 16.0. The van der Waals surface area contributed by atoms with Crippen LogP contribution >= 0.6 is 0 Å². The van der Waals surface area contributed by atoms with Gasteiger partial charge in [-0.1, -0.05) is 30.3 Å². The van der Waals surface area contributed by atoms with E-state index < -0.39 is 0 Å². The normalized spacial score (nSPS) is 13.1. The molecule has 0 amide bonds. The van der Waals surface area contributed by atoms with Gasteiger partial charge in [-0.15, -0.1) is 0 Å². The number of aromatic hydroxyl groups is 1. The van der Waals surface area contributed by atoms with Crippen molar-refractivity contribution in [3.05, 3.63) is 77.1 Å². The zero-order chi connectivity index (χ0) is 22.7. The number of H-pyrrole nitrogens is 1. The third-order valence-electron chi connectivity index (χ3n) is 6.21. The predicted octanol–water partition coefficient (Wildman–Crippen LogP) is 5.05. The van der Waals surface area contributed by atoms with Crippen LogP contribution in [0.3, 0.4) is 0 Å². The Morgan fingerprint density at radius 3 is 2.42 bits per heavy atom. The van der Waals surface area contributed by atoms with E-state index in [4.69, 9.17) is 4.98 Å². The lowest BCUT2D eigenvalue weighted by atomic mass is 10.0. The molecule has 0 unspecified atom stereocenters. The zero-order valence-electron chi connectivity index (χ0n) is 18.3. The fourth-order valence-electron chi connectivity index (χ4n) is 4.61. The Kier molecular flexibility index (Phi) is 4.35. The average molecular weight is 439 g/mol. The van der Waals surface area contributed by atoms with Gasteiger partial charge in [-0.2, -0.15) is 5.10 Å². The van der Waals surface area contributed by atoms with Gasteiger partial charge < -0.3 is 15.4 Å². The van der Waals surface area contributed by atoms with E-state index in [-0.39, 0.29) is 11.6 Å². The Labute approximate surface area is 189 Å². The van der Waals surface area contributed by atoms with Crippen molar-refractivity contribution in [3.63, 3.8) is 0 Å². The number of benzene rings is 3. The summed E-state index contributed by atoms with van der Waals surface area (Å²) in [5.41, 5.74) is 8.68. The van der Waals surface area contributed by atoms with E-state index in [0.717, 1.165) is 46.4 Å². The molecule has 6 rings (SSSR count). The topological polar surface area (TPSA) is 78.8 Å². The van der Waals surface area contributed by atoms with Crippen LogP contribution in [0.5, 0.6) is 5.75 Å². The molecule has 3 N–H and O–H groups in total. The molecule has 0 saturated carbocycles. The summed E-state index contributed by atoms with van der Waals surface area (Å²) in [7, 11) is 1.79. The van der Waals surface area contributed by atoms with Gasteiger partial charge in [-0.25, -0.2) is 9.37 Å². The van der Waals surface area contributed by atoms with Crippen molar-refractivity contribution in [2.75, 3.05) is 0 Å². The van der Waals surface area contributed by atoms with E-state index in [9.17, 15) is 9.50 Å². The van der Waals surface area contributed by atoms with E-state index in [1.807, 2.05) is 37.3 Å². The fraction of sp³-hybridized carbons (Fsp3) is 0.154. The third-order valence-corrected chi connectivity index (χ3v) is 6.21. The molecule has 0 atom stereocenters. The van der Waals surface area contributed by atoms with E-state index in [1.54, 1.807) is 11.7 Å². The molecule has 1 aliphatic rings. The molecule has 5 aromatic rings. The van der Waals surface area contributed by atoms with Gasteiger partial charge in [0.1, 0.15) is 17.2 Å². The van der Waals surface area contributed by atoms with Crippen LogP contribution < -0.4 is 5.32 Å². The van der Waals surface area contributed by atoms with Crippen LogP contribution in [-0.4, -0.2) is 24.9 Å². The van der Waals surface area contributed by atoms with E-state index in [1.165, 1.54) is 23.3 Å². The number of fused-ring (bicyclic) bond motifs is 2. The van der Waals surface area contributed by atoms with Gasteiger partial charge in [0.15, 0.2) is 11.6 Å². The first kappa shape index (κ1) is 19.7. The summed E-state index contributed by atoms with van der Waals surface area (Å²) in [6.07, 6.45) is 0. The van der Waals surface area contributed by atoms with Gasteiger partial charge in [0.25, 0.3) is 0 Å². The maximum Gasteiger partial charge on any atom is 0.173 e.